The lowest BCUT2D eigenvalue weighted by molar-refractivity contribution is -0.138. The van der Waals surface area contributed by atoms with Crippen molar-refractivity contribution < 1.29 is 23.9 Å². The van der Waals surface area contributed by atoms with Crippen molar-refractivity contribution >= 4 is 23.5 Å². The Morgan fingerprint density at radius 1 is 1.11 bits per heavy atom. The summed E-state index contributed by atoms with van der Waals surface area (Å²) in [5, 5.41) is 14.0. The molecule has 0 radical (unpaired) electrons. The molecule has 6 nitrogen and oxygen atoms in total. The Labute approximate surface area is 161 Å². The molecular weight excluding hydrogens is 363 g/mol. The molecule has 2 aromatic carbocycles. The van der Waals surface area contributed by atoms with Gasteiger partial charge in [-0.2, -0.15) is 0 Å². The van der Waals surface area contributed by atoms with Crippen molar-refractivity contribution in [2.45, 2.75) is 32.2 Å². The molecule has 0 aliphatic heterocycles. The molecular formula is C21H21FN2O4. The van der Waals surface area contributed by atoms with Crippen LogP contribution >= 0.6 is 0 Å². The average Bonchev–Trinajstić information content (AvgIpc) is 3.45. The standard InChI is InChI=1S/C21H21FN2O4/c1-13(19(26)27)23-18(25)14-6-8-16(9-7-14)24-20(28)21(10-11-21)12-15-4-2-3-5-17(15)22/h2-9,13H,10-12H2,1H3,(H,23,25)(H,24,28)(H,26,27). The smallest absolute Gasteiger partial charge is 0.325 e. The number of nitrogens with one attached hydrogen (secondary N) is 2. The number of amides is 2. The molecule has 1 fully saturated rings. The van der Waals surface area contributed by atoms with Gasteiger partial charge in [0.1, 0.15) is 11.9 Å². The zero-order valence-corrected chi connectivity index (χ0v) is 15.4. The Bertz CT molecular complexity index is 907. The molecule has 0 spiro atoms. The molecule has 2 aromatic rings. The van der Waals surface area contributed by atoms with Gasteiger partial charge in [-0.1, -0.05) is 18.2 Å². The number of hydrogen-bond acceptors (Lipinski definition) is 3. The topological polar surface area (TPSA) is 95.5 Å². The molecule has 28 heavy (non-hydrogen) atoms. The second-order valence-electron chi connectivity index (χ2n) is 7.11. The van der Waals surface area contributed by atoms with Crippen molar-refractivity contribution in [1.29, 1.82) is 0 Å². The maximum absolute atomic E-state index is 13.9. The van der Waals surface area contributed by atoms with Gasteiger partial charge in [-0.15, -0.1) is 0 Å². The lowest BCUT2D eigenvalue weighted by Gasteiger charge is -2.16. The van der Waals surface area contributed by atoms with E-state index in [4.69, 9.17) is 5.11 Å². The summed E-state index contributed by atoms with van der Waals surface area (Å²) in [6, 6.07) is 11.6. The van der Waals surface area contributed by atoms with Gasteiger partial charge in [-0.05, 0) is 62.1 Å². The van der Waals surface area contributed by atoms with Crippen LogP contribution in [0.5, 0.6) is 0 Å². The highest BCUT2D eigenvalue weighted by molar-refractivity contribution is 5.99. The summed E-state index contributed by atoms with van der Waals surface area (Å²) in [5.41, 5.74) is 0.732. The van der Waals surface area contributed by atoms with Crippen LogP contribution in [0, 0.1) is 11.2 Å². The third-order valence-corrected chi connectivity index (χ3v) is 4.94. The van der Waals surface area contributed by atoms with Gasteiger partial charge in [-0.3, -0.25) is 14.4 Å². The van der Waals surface area contributed by atoms with Crippen LogP contribution in [0.15, 0.2) is 48.5 Å². The first-order valence-electron chi connectivity index (χ1n) is 8.99. The Kier molecular flexibility index (Phi) is 5.44. The van der Waals surface area contributed by atoms with Crippen LogP contribution in [-0.4, -0.2) is 28.9 Å². The molecule has 1 saturated carbocycles. The number of halogens is 1. The van der Waals surface area contributed by atoms with Crippen molar-refractivity contribution in [2.24, 2.45) is 5.41 Å². The van der Waals surface area contributed by atoms with E-state index in [1.807, 2.05) is 0 Å². The number of aliphatic carboxylic acids is 1. The Hall–Kier alpha value is -3.22. The third kappa shape index (κ3) is 4.36. The molecule has 0 saturated heterocycles. The van der Waals surface area contributed by atoms with Crippen LogP contribution in [0.1, 0.15) is 35.7 Å². The summed E-state index contributed by atoms with van der Waals surface area (Å²) < 4.78 is 13.9. The molecule has 2 amide bonds. The highest BCUT2D eigenvalue weighted by Gasteiger charge is 2.49. The van der Waals surface area contributed by atoms with Crippen LogP contribution in [0.25, 0.3) is 0 Å². The fourth-order valence-electron chi connectivity index (χ4n) is 2.95. The van der Waals surface area contributed by atoms with Gasteiger partial charge in [0, 0.05) is 11.3 Å². The Morgan fingerprint density at radius 2 is 1.75 bits per heavy atom. The summed E-state index contributed by atoms with van der Waals surface area (Å²) in [4.78, 5) is 35.5. The van der Waals surface area contributed by atoms with Gasteiger partial charge >= 0.3 is 5.97 Å². The fraction of sp³-hybridized carbons (Fsp3) is 0.286. The molecule has 146 valence electrons. The summed E-state index contributed by atoms with van der Waals surface area (Å²) in [5.74, 6) is -2.12. The minimum atomic E-state index is -1.12. The zero-order chi connectivity index (χ0) is 20.3. The number of carboxylic acids is 1. The van der Waals surface area contributed by atoms with E-state index in [9.17, 15) is 18.8 Å². The van der Waals surface area contributed by atoms with Gasteiger partial charge in [0.15, 0.2) is 0 Å². The van der Waals surface area contributed by atoms with E-state index < -0.39 is 23.3 Å². The van der Waals surface area contributed by atoms with Crippen molar-refractivity contribution in [3.8, 4) is 0 Å². The lowest BCUT2D eigenvalue weighted by Crippen LogP contribution is -2.38. The molecule has 1 aliphatic rings. The number of carbonyl (C=O) groups excluding carboxylic acids is 2. The summed E-state index contributed by atoms with van der Waals surface area (Å²) in [6.07, 6.45) is 1.74. The van der Waals surface area contributed by atoms with Crippen LogP contribution < -0.4 is 10.6 Å². The molecule has 1 atom stereocenters. The number of hydrogen-bond donors (Lipinski definition) is 3. The van der Waals surface area contributed by atoms with Crippen molar-refractivity contribution in [1.82, 2.24) is 5.32 Å². The Morgan fingerprint density at radius 3 is 2.32 bits per heavy atom. The molecule has 1 aliphatic carbocycles. The largest absolute Gasteiger partial charge is 0.480 e. The second kappa shape index (κ2) is 7.80. The lowest BCUT2D eigenvalue weighted by atomic mass is 9.95. The number of carbonyl (C=O) groups is 3. The first kappa shape index (κ1) is 19.5. The normalized spacial score (nSPS) is 15.4. The molecule has 0 bridgehead atoms. The highest BCUT2D eigenvalue weighted by Crippen LogP contribution is 2.49. The van der Waals surface area contributed by atoms with Gasteiger partial charge in [-0.25, -0.2) is 4.39 Å². The van der Waals surface area contributed by atoms with E-state index in [-0.39, 0.29) is 11.7 Å². The first-order chi connectivity index (χ1) is 13.3. The quantitative estimate of drug-likeness (QED) is 0.684. The predicted molar refractivity (Wildman–Crippen MR) is 101 cm³/mol. The highest BCUT2D eigenvalue weighted by atomic mass is 19.1. The maximum atomic E-state index is 13.9. The van der Waals surface area contributed by atoms with Crippen LogP contribution in [0.2, 0.25) is 0 Å². The van der Waals surface area contributed by atoms with E-state index in [1.165, 1.54) is 25.1 Å². The number of carboxylic acid groups (broad SMARTS) is 1. The van der Waals surface area contributed by atoms with E-state index in [1.54, 1.807) is 30.3 Å². The number of anilines is 1. The molecule has 3 rings (SSSR count). The summed E-state index contributed by atoms with van der Waals surface area (Å²) in [7, 11) is 0. The molecule has 7 heteroatoms. The molecule has 3 N–H and O–H groups in total. The Balaban J connectivity index is 1.62. The van der Waals surface area contributed by atoms with Crippen LogP contribution in [0.4, 0.5) is 10.1 Å². The van der Waals surface area contributed by atoms with Gasteiger partial charge < -0.3 is 15.7 Å². The van der Waals surface area contributed by atoms with Crippen molar-refractivity contribution in [3.63, 3.8) is 0 Å². The molecule has 0 aromatic heterocycles. The van der Waals surface area contributed by atoms with E-state index in [0.717, 1.165) is 0 Å². The van der Waals surface area contributed by atoms with E-state index in [2.05, 4.69) is 10.6 Å². The maximum Gasteiger partial charge on any atom is 0.325 e. The minimum Gasteiger partial charge on any atom is -0.480 e. The summed E-state index contributed by atoms with van der Waals surface area (Å²) in [6.45, 7) is 1.37. The third-order valence-electron chi connectivity index (χ3n) is 4.94. The fourth-order valence-corrected chi connectivity index (χ4v) is 2.95. The molecule has 0 heterocycles. The number of rotatable bonds is 7. The summed E-state index contributed by atoms with van der Waals surface area (Å²) >= 11 is 0. The van der Waals surface area contributed by atoms with Crippen molar-refractivity contribution in [2.75, 3.05) is 5.32 Å². The minimum absolute atomic E-state index is 0.174. The van der Waals surface area contributed by atoms with Gasteiger partial charge in [0.25, 0.3) is 5.91 Å². The second-order valence-corrected chi connectivity index (χ2v) is 7.11. The average molecular weight is 384 g/mol. The zero-order valence-electron chi connectivity index (χ0n) is 15.4. The SMILES string of the molecule is CC(NC(=O)c1ccc(NC(=O)C2(Cc3ccccc3F)CC2)cc1)C(=O)O. The van der Waals surface area contributed by atoms with E-state index >= 15 is 0 Å². The van der Waals surface area contributed by atoms with Crippen molar-refractivity contribution in [3.05, 3.63) is 65.5 Å². The first-order valence-corrected chi connectivity index (χ1v) is 8.99. The van der Waals surface area contributed by atoms with Crippen LogP contribution in [-0.2, 0) is 16.0 Å². The van der Waals surface area contributed by atoms with E-state index in [0.29, 0.717) is 36.1 Å². The number of benzene rings is 2. The molecule has 1 unspecified atom stereocenters. The van der Waals surface area contributed by atoms with Gasteiger partial charge in [0.05, 0.1) is 5.41 Å². The van der Waals surface area contributed by atoms with Crippen LogP contribution in [0.3, 0.4) is 0 Å². The predicted octanol–water partition coefficient (Wildman–Crippen LogP) is 2.99. The monoisotopic (exact) mass is 384 g/mol. The van der Waals surface area contributed by atoms with Gasteiger partial charge in [0.2, 0.25) is 5.91 Å².